The van der Waals surface area contributed by atoms with Crippen LogP contribution >= 0.6 is 0 Å². The number of halogens is 1. The Morgan fingerprint density at radius 3 is 2.88 bits per heavy atom. The van der Waals surface area contributed by atoms with E-state index in [1.54, 1.807) is 13.2 Å². The van der Waals surface area contributed by atoms with Crippen molar-refractivity contribution in [2.24, 2.45) is 0 Å². The van der Waals surface area contributed by atoms with Gasteiger partial charge in [0.1, 0.15) is 11.6 Å². The lowest BCUT2D eigenvalue weighted by molar-refractivity contribution is 0.199. The van der Waals surface area contributed by atoms with Crippen molar-refractivity contribution in [3.8, 4) is 5.75 Å². The van der Waals surface area contributed by atoms with E-state index in [9.17, 15) is 4.39 Å². The Morgan fingerprint density at radius 2 is 2.19 bits per heavy atom. The van der Waals surface area contributed by atoms with Crippen LogP contribution in [0.15, 0.2) is 18.2 Å². The molecular formula is C12H18FNO2. The van der Waals surface area contributed by atoms with Gasteiger partial charge in [0.2, 0.25) is 0 Å². The van der Waals surface area contributed by atoms with Crippen molar-refractivity contribution in [3.63, 3.8) is 0 Å². The molecule has 0 radical (unpaired) electrons. The normalized spacial score (nSPS) is 10.4. The highest BCUT2D eigenvalue weighted by Crippen LogP contribution is 2.19. The number of rotatable bonds is 7. The molecule has 0 heterocycles. The van der Waals surface area contributed by atoms with Crippen LogP contribution in [0.2, 0.25) is 0 Å². The van der Waals surface area contributed by atoms with Crippen LogP contribution in [0, 0.1) is 5.82 Å². The molecule has 0 saturated carbocycles. The Balaban J connectivity index is 2.57. The van der Waals surface area contributed by atoms with Crippen LogP contribution < -0.4 is 10.1 Å². The molecule has 1 aromatic rings. The summed E-state index contributed by atoms with van der Waals surface area (Å²) in [6.45, 7) is 4.44. The maximum absolute atomic E-state index is 13.1. The minimum Gasteiger partial charge on any atom is -0.494 e. The minimum absolute atomic E-state index is 0.244. The zero-order valence-corrected chi connectivity index (χ0v) is 9.75. The average molecular weight is 227 g/mol. The van der Waals surface area contributed by atoms with E-state index in [0.717, 1.165) is 17.9 Å². The quantitative estimate of drug-likeness (QED) is 0.722. The number of nitrogens with one attached hydrogen (secondary N) is 1. The predicted octanol–water partition coefficient (Wildman–Crippen LogP) is 1.96. The first-order chi connectivity index (χ1) is 7.77. The van der Waals surface area contributed by atoms with E-state index >= 15 is 0 Å². The standard InChI is InChI=1S/C12H18FNO2/c1-3-16-12-5-4-11(13)8-10(12)9-14-6-7-15-2/h4-5,8,14H,3,6-7,9H2,1-2H3. The van der Waals surface area contributed by atoms with Crippen molar-refractivity contribution in [2.75, 3.05) is 26.9 Å². The van der Waals surface area contributed by atoms with E-state index in [-0.39, 0.29) is 5.82 Å². The van der Waals surface area contributed by atoms with Crippen LogP contribution in [-0.2, 0) is 11.3 Å². The van der Waals surface area contributed by atoms with Gasteiger partial charge in [0, 0.05) is 25.8 Å². The smallest absolute Gasteiger partial charge is 0.123 e. The van der Waals surface area contributed by atoms with Gasteiger partial charge in [-0.1, -0.05) is 0 Å². The molecule has 4 heteroatoms. The van der Waals surface area contributed by atoms with Crippen LogP contribution in [0.3, 0.4) is 0 Å². The van der Waals surface area contributed by atoms with E-state index in [0.29, 0.717) is 19.8 Å². The molecule has 3 nitrogen and oxygen atoms in total. The highest BCUT2D eigenvalue weighted by Gasteiger charge is 2.04. The molecule has 0 amide bonds. The van der Waals surface area contributed by atoms with Crippen molar-refractivity contribution >= 4 is 0 Å². The molecule has 90 valence electrons. The first-order valence-corrected chi connectivity index (χ1v) is 5.38. The largest absolute Gasteiger partial charge is 0.494 e. The van der Waals surface area contributed by atoms with Crippen molar-refractivity contribution in [1.82, 2.24) is 5.32 Å². The summed E-state index contributed by atoms with van der Waals surface area (Å²) in [4.78, 5) is 0. The maximum atomic E-state index is 13.1. The summed E-state index contributed by atoms with van der Waals surface area (Å²) in [5.41, 5.74) is 0.831. The molecule has 0 spiro atoms. The average Bonchev–Trinajstić information content (AvgIpc) is 2.28. The monoisotopic (exact) mass is 227 g/mol. The van der Waals surface area contributed by atoms with Gasteiger partial charge in [-0.3, -0.25) is 0 Å². The second-order valence-electron chi connectivity index (χ2n) is 3.35. The molecule has 0 aliphatic carbocycles. The predicted molar refractivity (Wildman–Crippen MR) is 61.2 cm³/mol. The third-order valence-corrected chi connectivity index (χ3v) is 2.12. The SMILES string of the molecule is CCOc1ccc(F)cc1CNCCOC. The second-order valence-corrected chi connectivity index (χ2v) is 3.35. The number of benzene rings is 1. The summed E-state index contributed by atoms with van der Waals surface area (Å²) < 4.78 is 23.4. The van der Waals surface area contributed by atoms with Crippen LogP contribution in [0.5, 0.6) is 5.75 Å². The molecule has 0 aliphatic rings. The van der Waals surface area contributed by atoms with Crippen molar-refractivity contribution in [2.45, 2.75) is 13.5 Å². The first-order valence-electron chi connectivity index (χ1n) is 5.38. The summed E-state index contributed by atoms with van der Waals surface area (Å²) in [6, 6.07) is 4.56. The fraction of sp³-hybridized carbons (Fsp3) is 0.500. The number of hydrogen-bond donors (Lipinski definition) is 1. The summed E-state index contributed by atoms with van der Waals surface area (Å²) >= 11 is 0. The Kier molecular flexibility index (Phi) is 5.82. The van der Waals surface area contributed by atoms with Crippen LogP contribution in [0.4, 0.5) is 4.39 Å². The van der Waals surface area contributed by atoms with Gasteiger partial charge in [0.05, 0.1) is 13.2 Å². The lowest BCUT2D eigenvalue weighted by atomic mass is 10.2. The van der Waals surface area contributed by atoms with Crippen LogP contribution in [0.1, 0.15) is 12.5 Å². The van der Waals surface area contributed by atoms with E-state index in [4.69, 9.17) is 9.47 Å². The summed E-state index contributed by atoms with van der Waals surface area (Å²) in [6.07, 6.45) is 0. The van der Waals surface area contributed by atoms with Gasteiger partial charge in [-0.05, 0) is 25.1 Å². The van der Waals surface area contributed by atoms with Gasteiger partial charge in [-0.2, -0.15) is 0 Å². The Hall–Kier alpha value is -1.13. The van der Waals surface area contributed by atoms with E-state index in [2.05, 4.69) is 5.32 Å². The highest BCUT2D eigenvalue weighted by molar-refractivity contribution is 5.33. The Bertz CT molecular complexity index is 318. The highest BCUT2D eigenvalue weighted by atomic mass is 19.1. The van der Waals surface area contributed by atoms with Gasteiger partial charge in [-0.15, -0.1) is 0 Å². The molecule has 1 aromatic carbocycles. The molecule has 0 atom stereocenters. The molecule has 1 N–H and O–H groups in total. The summed E-state index contributed by atoms with van der Waals surface area (Å²) in [7, 11) is 1.65. The van der Waals surface area contributed by atoms with Crippen LogP contribution in [-0.4, -0.2) is 26.9 Å². The molecule has 0 unspecified atom stereocenters. The van der Waals surface area contributed by atoms with E-state index < -0.39 is 0 Å². The van der Waals surface area contributed by atoms with Gasteiger partial charge in [0.15, 0.2) is 0 Å². The lowest BCUT2D eigenvalue weighted by Gasteiger charge is -2.11. The maximum Gasteiger partial charge on any atom is 0.123 e. The van der Waals surface area contributed by atoms with Gasteiger partial charge < -0.3 is 14.8 Å². The third-order valence-electron chi connectivity index (χ3n) is 2.12. The molecule has 1 rings (SSSR count). The lowest BCUT2D eigenvalue weighted by Crippen LogP contribution is -2.19. The van der Waals surface area contributed by atoms with Gasteiger partial charge in [-0.25, -0.2) is 4.39 Å². The zero-order valence-electron chi connectivity index (χ0n) is 9.75. The minimum atomic E-state index is -0.244. The fourth-order valence-corrected chi connectivity index (χ4v) is 1.38. The van der Waals surface area contributed by atoms with E-state index in [1.165, 1.54) is 12.1 Å². The fourth-order valence-electron chi connectivity index (χ4n) is 1.38. The second kappa shape index (κ2) is 7.19. The molecule has 0 aliphatic heterocycles. The number of hydrogen-bond acceptors (Lipinski definition) is 3. The molecular weight excluding hydrogens is 209 g/mol. The number of methoxy groups -OCH3 is 1. The van der Waals surface area contributed by atoms with Gasteiger partial charge in [0.25, 0.3) is 0 Å². The van der Waals surface area contributed by atoms with Crippen LogP contribution in [0.25, 0.3) is 0 Å². The molecule has 16 heavy (non-hydrogen) atoms. The van der Waals surface area contributed by atoms with Crippen molar-refractivity contribution < 1.29 is 13.9 Å². The molecule has 0 aromatic heterocycles. The summed E-state index contributed by atoms with van der Waals surface area (Å²) in [5, 5.41) is 3.16. The zero-order chi connectivity index (χ0) is 11.8. The Labute approximate surface area is 95.6 Å². The number of ether oxygens (including phenoxy) is 2. The third kappa shape index (κ3) is 4.16. The molecule has 0 fully saturated rings. The first kappa shape index (κ1) is 12.9. The topological polar surface area (TPSA) is 30.5 Å². The Morgan fingerprint density at radius 1 is 1.38 bits per heavy atom. The summed E-state index contributed by atoms with van der Waals surface area (Å²) in [5.74, 6) is 0.487. The van der Waals surface area contributed by atoms with E-state index in [1.807, 2.05) is 6.92 Å². The molecule has 0 bridgehead atoms. The van der Waals surface area contributed by atoms with Crippen molar-refractivity contribution in [3.05, 3.63) is 29.6 Å². The molecule has 0 saturated heterocycles. The van der Waals surface area contributed by atoms with Crippen molar-refractivity contribution in [1.29, 1.82) is 0 Å². The van der Waals surface area contributed by atoms with Gasteiger partial charge >= 0.3 is 0 Å².